The molecule has 194 valence electrons. The first-order valence-corrected chi connectivity index (χ1v) is 13.6. The van der Waals surface area contributed by atoms with Crippen LogP contribution in [0.5, 0.6) is 5.75 Å². The highest BCUT2D eigenvalue weighted by atomic mass is 35.5. The number of nitrogens with zero attached hydrogens (tertiary/aromatic N) is 1. The molecule has 36 heavy (non-hydrogen) atoms. The van der Waals surface area contributed by atoms with Crippen molar-refractivity contribution in [1.82, 2.24) is 5.32 Å². The summed E-state index contributed by atoms with van der Waals surface area (Å²) in [6.07, 6.45) is 5.11. The third-order valence-electron chi connectivity index (χ3n) is 5.50. The zero-order chi connectivity index (χ0) is 26.1. The highest BCUT2D eigenvalue weighted by Crippen LogP contribution is 2.32. The van der Waals surface area contributed by atoms with Gasteiger partial charge in [-0.3, -0.25) is 14.5 Å². The fourth-order valence-electron chi connectivity index (χ4n) is 3.74. The van der Waals surface area contributed by atoms with Crippen LogP contribution >= 0.6 is 11.6 Å². The molecule has 1 saturated heterocycles. The number of hydrogen-bond donors (Lipinski definition) is 3. The Morgan fingerprint density at radius 3 is 2.67 bits per heavy atom. The van der Waals surface area contributed by atoms with E-state index in [4.69, 9.17) is 32.2 Å². The number of esters is 1. The molecule has 0 radical (unpaired) electrons. The number of nitrogen functional groups attached to an aromatic ring is 1. The molecule has 9 nitrogen and oxygen atoms in total. The number of sulfonamides is 1. The summed E-state index contributed by atoms with van der Waals surface area (Å²) in [6.45, 7) is 3.36. The molecular weight excluding hydrogens is 504 g/mol. The van der Waals surface area contributed by atoms with Gasteiger partial charge in [-0.1, -0.05) is 42.0 Å². The Morgan fingerprint density at radius 1 is 1.25 bits per heavy atom. The van der Waals surface area contributed by atoms with Crippen LogP contribution in [0.25, 0.3) is 6.08 Å². The van der Waals surface area contributed by atoms with Gasteiger partial charge >= 0.3 is 5.97 Å². The zero-order valence-electron chi connectivity index (χ0n) is 20.1. The molecule has 2 aromatic rings. The minimum absolute atomic E-state index is 0.0342. The van der Waals surface area contributed by atoms with Gasteiger partial charge in [0.25, 0.3) is 0 Å². The predicted octanol–water partition coefficient (Wildman–Crippen LogP) is 3.17. The molecule has 1 aliphatic rings. The fourth-order valence-corrected chi connectivity index (χ4v) is 5.24. The van der Waals surface area contributed by atoms with Crippen molar-refractivity contribution in [3.8, 4) is 5.75 Å². The summed E-state index contributed by atoms with van der Waals surface area (Å²) in [5.74, 6) is -1.23. The molecule has 0 atom stereocenters. The monoisotopic (exact) mass is 534 g/mol. The van der Waals surface area contributed by atoms with Gasteiger partial charge in [0.1, 0.15) is 17.7 Å². The molecule has 0 aliphatic carbocycles. The van der Waals surface area contributed by atoms with Gasteiger partial charge in [0, 0.05) is 5.56 Å². The van der Waals surface area contributed by atoms with Gasteiger partial charge in [-0.2, -0.15) is 0 Å². The van der Waals surface area contributed by atoms with E-state index in [1.165, 1.54) is 6.07 Å². The predicted molar refractivity (Wildman–Crippen MR) is 142 cm³/mol. The number of hydrogen-bond acceptors (Lipinski definition) is 7. The number of benzene rings is 2. The van der Waals surface area contributed by atoms with Crippen LogP contribution in [0.3, 0.4) is 0 Å². The maximum absolute atomic E-state index is 13.2. The molecule has 1 heterocycles. The van der Waals surface area contributed by atoms with E-state index >= 15 is 0 Å². The quantitative estimate of drug-likeness (QED) is 0.229. The molecule has 0 amide bonds. The number of carbonyl (C=O) groups excluding carboxylic acids is 1. The number of halogens is 1. The third kappa shape index (κ3) is 7.71. The van der Waals surface area contributed by atoms with Gasteiger partial charge < -0.3 is 20.5 Å². The molecule has 0 saturated carbocycles. The second-order valence-corrected chi connectivity index (χ2v) is 10.5. The van der Waals surface area contributed by atoms with E-state index in [9.17, 15) is 13.2 Å². The van der Waals surface area contributed by atoms with Crippen molar-refractivity contribution in [3.63, 3.8) is 0 Å². The number of ether oxygens (including phenoxy) is 2. The Labute approximate surface area is 216 Å². The Hall–Kier alpha value is -3.08. The smallest absolute Gasteiger partial charge is 0.323 e. The van der Waals surface area contributed by atoms with Crippen molar-refractivity contribution < 1.29 is 22.7 Å². The molecule has 0 aromatic heterocycles. The minimum atomic E-state index is -4.08. The second-order valence-electron chi connectivity index (χ2n) is 8.22. The summed E-state index contributed by atoms with van der Waals surface area (Å²) in [4.78, 5) is 12.0. The molecule has 1 fully saturated rings. The molecule has 3 rings (SSSR count). The largest absolute Gasteiger partial charge is 0.489 e. The number of nitrogens with one attached hydrogen (secondary N) is 2. The van der Waals surface area contributed by atoms with E-state index in [0.717, 1.165) is 35.8 Å². The Kier molecular flexibility index (Phi) is 9.74. The normalized spacial score (nSPS) is 14.5. The molecular formula is C25H31ClN4O5S. The summed E-state index contributed by atoms with van der Waals surface area (Å²) in [6, 6.07) is 11.8. The highest BCUT2D eigenvalue weighted by Gasteiger charge is 2.27. The van der Waals surface area contributed by atoms with E-state index in [0.29, 0.717) is 17.0 Å². The zero-order valence-corrected chi connectivity index (χ0v) is 21.6. The lowest BCUT2D eigenvalue weighted by Crippen LogP contribution is -2.36. The SMILES string of the molecule is CCOC(=O)CS(=O)(=O)N(CC=Cc1cccc(C(=N)N)c1)c1ccc(OC2CCNCC2)c(Cl)c1. The third-order valence-corrected chi connectivity index (χ3v) is 7.43. The maximum atomic E-state index is 13.2. The van der Waals surface area contributed by atoms with Crippen LogP contribution < -0.4 is 20.1 Å². The first-order chi connectivity index (χ1) is 17.2. The lowest BCUT2D eigenvalue weighted by molar-refractivity contribution is -0.139. The Morgan fingerprint density at radius 2 is 2.00 bits per heavy atom. The Balaban J connectivity index is 1.85. The van der Waals surface area contributed by atoms with E-state index < -0.39 is 21.7 Å². The topological polar surface area (TPSA) is 135 Å². The molecule has 4 N–H and O–H groups in total. The van der Waals surface area contributed by atoms with E-state index in [-0.39, 0.29) is 30.1 Å². The van der Waals surface area contributed by atoms with E-state index in [1.807, 2.05) is 6.07 Å². The molecule has 0 bridgehead atoms. The molecule has 1 aliphatic heterocycles. The van der Waals surface area contributed by atoms with Crippen molar-refractivity contribution >= 4 is 45.2 Å². The average molecular weight is 535 g/mol. The van der Waals surface area contributed by atoms with Crippen LogP contribution in [0.15, 0.2) is 48.5 Å². The van der Waals surface area contributed by atoms with Gasteiger partial charge in [-0.05, 0) is 62.7 Å². The van der Waals surface area contributed by atoms with Gasteiger partial charge in [-0.15, -0.1) is 0 Å². The van der Waals surface area contributed by atoms with Crippen LogP contribution in [-0.2, 0) is 19.6 Å². The van der Waals surface area contributed by atoms with Gasteiger partial charge in [0.15, 0.2) is 5.75 Å². The van der Waals surface area contributed by atoms with Crippen molar-refractivity contribution in [2.45, 2.75) is 25.9 Å². The number of nitrogens with two attached hydrogens (primary N) is 1. The first kappa shape index (κ1) is 27.5. The van der Waals surface area contributed by atoms with E-state index in [2.05, 4.69) is 5.32 Å². The lowest BCUT2D eigenvalue weighted by Gasteiger charge is -2.26. The molecule has 2 aromatic carbocycles. The van der Waals surface area contributed by atoms with Crippen molar-refractivity contribution in [2.24, 2.45) is 5.73 Å². The van der Waals surface area contributed by atoms with Crippen LogP contribution in [0, 0.1) is 5.41 Å². The summed E-state index contributed by atoms with van der Waals surface area (Å²) < 4.78 is 38.3. The van der Waals surface area contributed by atoms with Crippen LogP contribution in [0.1, 0.15) is 30.9 Å². The number of amidine groups is 1. The van der Waals surface area contributed by atoms with E-state index in [1.54, 1.807) is 49.4 Å². The summed E-state index contributed by atoms with van der Waals surface area (Å²) in [7, 11) is -4.08. The highest BCUT2D eigenvalue weighted by molar-refractivity contribution is 7.93. The number of piperidine rings is 1. The minimum Gasteiger partial charge on any atom is -0.489 e. The summed E-state index contributed by atoms with van der Waals surface area (Å²) in [5, 5.41) is 11.1. The average Bonchev–Trinajstić information content (AvgIpc) is 2.83. The number of carbonyl (C=O) groups is 1. The summed E-state index contributed by atoms with van der Waals surface area (Å²) in [5.41, 5.74) is 7.15. The fraction of sp³-hybridized carbons (Fsp3) is 0.360. The Bertz CT molecular complexity index is 1210. The van der Waals surface area contributed by atoms with Crippen LogP contribution in [-0.4, -0.2) is 58.3 Å². The van der Waals surface area contributed by atoms with Gasteiger partial charge in [-0.25, -0.2) is 8.42 Å². The standard InChI is InChI=1S/C25H31ClN4O5S/c1-2-34-24(31)17-36(32,33)30(14-4-6-18-5-3-7-19(15-18)25(27)28)20-8-9-23(22(26)16-20)35-21-10-12-29-13-11-21/h3-9,15-16,21,29H,2,10-14,17H2,1H3,(H3,27,28). The van der Waals surface area contributed by atoms with Crippen LogP contribution in [0.4, 0.5) is 5.69 Å². The van der Waals surface area contributed by atoms with Gasteiger partial charge in [0.2, 0.25) is 10.0 Å². The van der Waals surface area contributed by atoms with Crippen molar-refractivity contribution in [2.75, 3.05) is 36.3 Å². The molecule has 0 unspecified atom stereocenters. The number of rotatable bonds is 11. The number of anilines is 1. The maximum Gasteiger partial charge on any atom is 0.323 e. The summed E-state index contributed by atoms with van der Waals surface area (Å²) >= 11 is 6.47. The lowest BCUT2D eigenvalue weighted by atomic mass is 10.1. The molecule has 11 heteroatoms. The first-order valence-electron chi connectivity index (χ1n) is 11.6. The second kappa shape index (κ2) is 12.8. The molecule has 0 spiro atoms. The van der Waals surface area contributed by atoms with Crippen LogP contribution in [0.2, 0.25) is 5.02 Å². The van der Waals surface area contributed by atoms with Crippen molar-refractivity contribution in [3.05, 3.63) is 64.7 Å². The van der Waals surface area contributed by atoms with Crippen molar-refractivity contribution in [1.29, 1.82) is 5.41 Å². The van der Waals surface area contributed by atoms with Gasteiger partial charge in [0.05, 0.1) is 23.9 Å².